The molecule has 1 saturated heterocycles. The van der Waals surface area contributed by atoms with Gasteiger partial charge in [0.1, 0.15) is 5.75 Å². The molecule has 30 heavy (non-hydrogen) atoms. The molecule has 0 saturated carbocycles. The average Bonchev–Trinajstić information content (AvgIpc) is 2.66. The van der Waals surface area contributed by atoms with E-state index in [0.29, 0.717) is 36.8 Å². The highest BCUT2D eigenvalue weighted by Gasteiger charge is 2.40. The van der Waals surface area contributed by atoms with Crippen molar-refractivity contribution < 1.29 is 37.3 Å². The van der Waals surface area contributed by atoms with E-state index in [1.807, 2.05) is 4.90 Å². The summed E-state index contributed by atoms with van der Waals surface area (Å²) in [5, 5.41) is 9.18. The normalized spacial score (nSPS) is 16.2. The van der Waals surface area contributed by atoms with E-state index in [1.165, 1.54) is 4.90 Å². The summed E-state index contributed by atoms with van der Waals surface area (Å²) in [5.41, 5.74) is 0.844. The van der Waals surface area contributed by atoms with E-state index in [1.54, 1.807) is 18.2 Å². The predicted molar refractivity (Wildman–Crippen MR) is 103 cm³/mol. The Hall–Kier alpha value is -2.20. The monoisotopic (exact) mass is 452 g/mol. The minimum absolute atomic E-state index is 0.000907. The van der Waals surface area contributed by atoms with Crippen molar-refractivity contribution in [3.8, 4) is 5.75 Å². The molecule has 0 aliphatic carbocycles. The lowest BCUT2D eigenvalue weighted by Gasteiger charge is -2.35. The molecule has 1 aliphatic heterocycles. The van der Waals surface area contributed by atoms with E-state index in [-0.39, 0.29) is 26.1 Å². The van der Waals surface area contributed by atoms with E-state index in [0.717, 1.165) is 12.5 Å². The van der Waals surface area contributed by atoms with Crippen molar-refractivity contribution in [2.45, 2.75) is 38.6 Å². The molecule has 0 spiro atoms. The standard InChI is InChI=1S/C19H24ClF3N2O5/c1-13(19(21,22)23)30-18(28)25-8-6-24(7-9-25)12-14-4-5-15(20)11-16(14)29-10-2-3-17(26)27/h4-5,11,13H,2-3,6-10,12H2,1H3,(H,26,27). The molecule has 1 aromatic carbocycles. The molecule has 0 bridgehead atoms. The second-order valence-electron chi connectivity index (χ2n) is 6.93. The van der Waals surface area contributed by atoms with Crippen molar-refractivity contribution in [3.63, 3.8) is 0 Å². The van der Waals surface area contributed by atoms with Crippen molar-refractivity contribution in [3.05, 3.63) is 28.8 Å². The first-order valence-electron chi connectivity index (χ1n) is 9.44. The summed E-state index contributed by atoms with van der Waals surface area (Å²) >= 11 is 6.02. The average molecular weight is 453 g/mol. The molecule has 1 unspecified atom stereocenters. The largest absolute Gasteiger partial charge is 0.493 e. The number of benzene rings is 1. The number of carboxylic acid groups (broad SMARTS) is 1. The molecule has 1 aromatic rings. The second kappa shape index (κ2) is 10.7. The lowest BCUT2D eigenvalue weighted by Crippen LogP contribution is -2.49. The van der Waals surface area contributed by atoms with Crippen molar-refractivity contribution >= 4 is 23.7 Å². The Kier molecular flexibility index (Phi) is 8.60. The molecular formula is C19H24ClF3N2O5. The van der Waals surface area contributed by atoms with Gasteiger partial charge in [0.05, 0.1) is 6.61 Å². The van der Waals surface area contributed by atoms with Gasteiger partial charge in [-0.2, -0.15) is 13.2 Å². The van der Waals surface area contributed by atoms with Crippen LogP contribution in [0, 0.1) is 0 Å². The Labute approximate surface area is 177 Å². The number of hydrogen-bond donors (Lipinski definition) is 1. The topological polar surface area (TPSA) is 79.3 Å². The first-order valence-corrected chi connectivity index (χ1v) is 9.81. The number of carbonyl (C=O) groups excluding carboxylic acids is 1. The molecule has 11 heteroatoms. The maximum atomic E-state index is 12.5. The first-order chi connectivity index (χ1) is 14.1. The second-order valence-corrected chi connectivity index (χ2v) is 7.37. The summed E-state index contributed by atoms with van der Waals surface area (Å²) in [5.74, 6) is -0.348. The van der Waals surface area contributed by atoms with Gasteiger partial charge in [-0.1, -0.05) is 17.7 Å². The fraction of sp³-hybridized carbons (Fsp3) is 0.579. The number of alkyl halides is 3. The molecule has 1 amide bonds. The summed E-state index contributed by atoms with van der Waals surface area (Å²) < 4.78 is 47.8. The van der Waals surface area contributed by atoms with Gasteiger partial charge in [-0.15, -0.1) is 0 Å². The molecule has 1 N–H and O–H groups in total. The summed E-state index contributed by atoms with van der Waals surface area (Å²) in [6, 6.07) is 5.18. The molecule has 1 fully saturated rings. The number of nitrogens with zero attached hydrogens (tertiary/aromatic N) is 2. The van der Waals surface area contributed by atoms with Crippen LogP contribution in [-0.4, -0.2) is 72.0 Å². The van der Waals surface area contributed by atoms with Crippen LogP contribution in [0.1, 0.15) is 25.3 Å². The molecule has 2 rings (SSSR count). The number of piperazine rings is 1. The maximum absolute atomic E-state index is 12.5. The third kappa shape index (κ3) is 7.56. The van der Waals surface area contributed by atoms with Crippen LogP contribution in [0.3, 0.4) is 0 Å². The number of hydrogen-bond acceptors (Lipinski definition) is 5. The quantitative estimate of drug-likeness (QED) is 0.605. The number of rotatable bonds is 8. The van der Waals surface area contributed by atoms with Crippen LogP contribution in [-0.2, 0) is 16.1 Å². The van der Waals surface area contributed by atoms with Gasteiger partial charge in [0.15, 0.2) is 6.10 Å². The van der Waals surface area contributed by atoms with E-state index in [2.05, 4.69) is 4.74 Å². The van der Waals surface area contributed by atoms with Crippen LogP contribution in [0.15, 0.2) is 18.2 Å². The Balaban J connectivity index is 1.87. The molecular weight excluding hydrogens is 429 g/mol. The zero-order chi connectivity index (χ0) is 22.3. The number of halogens is 4. The van der Waals surface area contributed by atoms with E-state index >= 15 is 0 Å². The Morgan fingerprint density at radius 2 is 1.90 bits per heavy atom. The van der Waals surface area contributed by atoms with Crippen molar-refractivity contribution in [1.29, 1.82) is 0 Å². The zero-order valence-corrected chi connectivity index (χ0v) is 17.2. The summed E-state index contributed by atoms with van der Waals surface area (Å²) in [6.07, 6.45) is -7.36. The van der Waals surface area contributed by atoms with Crippen molar-refractivity contribution in [1.82, 2.24) is 9.80 Å². The smallest absolute Gasteiger partial charge is 0.425 e. The molecule has 0 radical (unpaired) electrons. The lowest BCUT2D eigenvalue weighted by atomic mass is 10.1. The predicted octanol–water partition coefficient (Wildman–Crippen LogP) is 3.79. The maximum Gasteiger partial charge on any atom is 0.425 e. The summed E-state index contributed by atoms with van der Waals surface area (Å²) in [6.45, 7) is 2.92. The SMILES string of the molecule is CC(OC(=O)N1CCN(Cc2ccc(Cl)cc2OCCCC(=O)O)CC1)C(F)(F)F. The first kappa shape index (κ1) is 24.1. The molecule has 1 aliphatic rings. The molecule has 1 heterocycles. The fourth-order valence-corrected chi connectivity index (χ4v) is 2.98. The minimum atomic E-state index is -4.59. The van der Waals surface area contributed by atoms with Crippen LogP contribution in [0.4, 0.5) is 18.0 Å². The zero-order valence-electron chi connectivity index (χ0n) is 16.5. The van der Waals surface area contributed by atoms with Crippen molar-refractivity contribution in [2.24, 2.45) is 0 Å². The number of aliphatic carboxylic acids is 1. The minimum Gasteiger partial charge on any atom is -0.493 e. The molecule has 0 aromatic heterocycles. The number of carboxylic acids is 1. The van der Waals surface area contributed by atoms with Gasteiger partial charge < -0.3 is 19.5 Å². The van der Waals surface area contributed by atoms with Gasteiger partial charge in [-0.05, 0) is 25.5 Å². The van der Waals surface area contributed by atoms with Crippen LogP contribution < -0.4 is 4.74 Å². The highest BCUT2D eigenvalue weighted by molar-refractivity contribution is 6.30. The van der Waals surface area contributed by atoms with E-state index in [4.69, 9.17) is 21.4 Å². The fourth-order valence-electron chi connectivity index (χ4n) is 2.82. The van der Waals surface area contributed by atoms with Gasteiger partial charge >= 0.3 is 18.2 Å². The third-order valence-corrected chi connectivity index (χ3v) is 4.82. The summed E-state index contributed by atoms with van der Waals surface area (Å²) in [7, 11) is 0. The summed E-state index contributed by atoms with van der Waals surface area (Å²) in [4.78, 5) is 25.8. The third-order valence-electron chi connectivity index (χ3n) is 4.58. The highest BCUT2D eigenvalue weighted by Crippen LogP contribution is 2.26. The lowest BCUT2D eigenvalue weighted by molar-refractivity contribution is -0.200. The van der Waals surface area contributed by atoms with Crippen LogP contribution in [0.2, 0.25) is 5.02 Å². The van der Waals surface area contributed by atoms with Crippen LogP contribution >= 0.6 is 11.6 Å². The van der Waals surface area contributed by atoms with Gasteiger partial charge in [-0.25, -0.2) is 4.79 Å². The van der Waals surface area contributed by atoms with Gasteiger partial charge in [0, 0.05) is 49.7 Å². The molecule has 7 nitrogen and oxygen atoms in total. The Morgan fingerprint density at radius 1 is 1.23 bits per heavy atom. The number of carbonyl (C=O) groups is 2. The Bertz CT molecular complexity index is 739. The number of amides is 1. The van der Waals surface area contributed by atoms with E-state index < -0.39 is 24.3 Å². The highest BCUT2D eigenvalue weighted by atomic mass is 35.5. The van der Waals surface area contributed by atoms with Crippen LogP contribution in [0.25, 0.3) is 0 Å². The molecule has 1 atom stereocenters. The van der Waals surface area contributed by atoms with Crippen LogP contribution in [0.5, 0.6) is 5.75 Å². The van der Waals surface area contributed by atoms with Crippen molar-refractivity contribution in [2.75, 3.05) is 32.8 Å². The Morgan fingerprint density at radius 3 is 2.50 bits per heavy atom. The van der Waals surface area contributed by atoms with Gasteiger partial charge in [-0.3, -0.25) is 9.69 Å². The molecule has 168 valence electrons. The van der Waals surface area contributed by atoms with E-state index in [9.17, 15) is 22.8 Å². The van der Waals surface area contributed by atoms with Gasteiger partial charge in [0.25, 0.3) is 0 Å². The van der Waals surface area contributed by atoms with Gasteiger partial charge in [0.2, 0.25) is 0 Å². The number of ether oxygens (including phenoxy) is 2.